The van der Waals surface area contributed by atoms with Crippen molar-refractivity contribution in [2.24, 2.45) is 0 Å². The molecule has 0 aromatic heterocycles. The molecule has 21 heavy (non-hydrogen) atoms. The number of hydrogen-bond donors (Lipinski definition) is 1. The van der Waals surface area contributed by atoms with Gasteiger partial charge in [-0.3, -0.25) is 4.79 Å². The number of hydrogen-bond acceptors (Lipinski definition) is 3. The Balaban J connectivity index is 1.87. The number of halogens is 2. The van der Waals surface area contributed by atoms with Gasteiger partial charge in [-0.1, -0.05) is 6.07 Å². The fourth-order valence-corrected chi connectivity index (χ4v) is 2.02. The summed E-state index contributed by atoms with van der Waals surface area (Å²) in [6, 6.07) is 8.08. The molecule has 2 aromatic rings. The summed E-state index contributed by atoms with van der Waals surface area (Å²) in [6.45, 7) is 0.768. The van der Waals surface area contributed by atoms with Crippen molar-refractivity contribution < 1.29 is 23.0 Å². The molecule has 108 valence electrons. The first-order valence-corrected chi connectivity index (χ1v) is 6.30. The third kappa shape index (κ3) is 2.65. The fraction of sp³-hybridized carbons (Fsp3) is 0.133. The smallest absolute Gasteiger partial charge is 0.259 e. The molecule has 0 aliphatic carbocycles. The van der Waals surface area contributed by atoms with Gasteiger partial charge < -0.3 is 14.8 Å². The molecule has 0 radical (unpaired) electrons. The first-order chi connectivity index (χ1) is 10.1. The van der Waals surface area contributed by atoms with Crippen LogP contribution in [0.15, 0.2) is 36.4 Å². The Bertz CT molecular complexity index is 703. The molecule has 2 aromatic carbocycles. The largest absolute Gasteiger partial charge is 0.486 e. The number of ether oxygens (including phenoxy) is 2. The van der Waals surface area contributed by atoms with Crippen LogP contribution in [0.5, 0.6) is 11.5 Å². The zero-order valence-electron chi connectivity index (χ0n) is 10.9. The van der Waals surface area contributed by atoms with E-state index < -0.39 is 17.5 Å². The molecular formula is C15H11F2NO3. The molecule has 1 N–H and O–H groups in total. The molecule has 4 nitrogen and oxygen atoms in total. The molecule has 1 heterocycles. The van der Waals surface area contributed by atoms with Gasteiger partial charge in [0.05, 0.1) is 5.56 Å². The fourth-order valence-electron chi connectivity index (χ4n) is 2.02. The summed E-state index contributed by atoms with van der Waals surface area (Å²) in [7, 11) is 0. The van der Waals surface area contributed by atoms with E-state index in [4.69, 9.17) is 9.47 Å². The minimum absolute atomic E-state index is 0.160. The topological polar surface area (TPSA) is 47.6 Å². The average Bonchev–Trinajstić information content (AvgIpc) is 2.50. The van der Waals surface area contributed by atoms with Crippen molar-refractivity contribution in [3.8, 4) is 11.5 Å². The monoisotopic (exact) mass is 291 g/mol. The second-order valence-electron chi connectivity index (χ2n) is 4.41. The van der Waals surface area contributed by atoms with Crippen LogP contribution < -0.4 is 14.8 Å². The van der Waals surface area contributed by atoms with Gasteiger partial charge in [-0.05, 0) is 24.3 Å². The average molecular weight is 291 g/mol. The number of carbonyl (C=O) groups excluding carboxylic acids is 1. The van der Waals surface area contributed by atoms with Crippen LogP contribution in [0.25, 0.3) is 0 Å². The van der Waals surface area contributed by atoms with Crippen molar-refractivity contribution in [3.63, 3.8) is 0 Å². The second-order valence-corrected chi connectivity index (χ2v) is 4.41. The zero-order chi connectivity index (χ0) is 14.8. The third-order valence-electron chi connectivity index (χ3n) is 2.99. The Labute approximate surface area is 119 Å². The molecule has 0 saturated carbocycles. The van der Waals surface area contributed by atoms with E-state index >= 15 is 0 Å². The molecule has 0 spiro atoms. The van der Waals surface area contributed by atoms with E-state index in [1.807, 2.05) is 0 Å². The number of fused-ring (bicyclic) bond motifs is 1. The number of rotatable bonds is 2. The lowest BCUT2D eigenvalue weighted by atomic mass is 10.1. The summed E-state index contributed by atoms with van der Waals surface area (Å²) in [5, 5.41) is 2.50. The van der Waals surface area contributed by atoms with Gasteiger partial charge in [0.25, 0.3) is 5.91 Å². The number of benzene rings is 2. The quantitative estimate of drug-likeness (QED) is 0.925. The lowest BCUT2D eigenvalue weighted by Crippen LogP contribution is -2.20. The normalized spacial score (nSPS) is 12.9. The van der Waals surface area contributed by atoms with E-state index in [0.717, 1.165) is 12.1 Å². The van der Waals surface area contributed by atoms with Gasteiger partial charge in [0.2, 0.25) is 0 Å². The number of anilines is 1. The number of para-hydroxylation sites is 1. The highest BCUT2D eigenvalue weighted by atomic mass is 19.2. The molecule has 1 aliphatic heterocycles. The molecule has 0 unspecified atom stereocenters. The summed E-state index contributed by atoms with van der Waals surface area (Å²) in [6.07, 6.45) is 0. The number of carbonyl (C=O) groups is 1. The van der Waals surface area contributed by atoms with E-state index in [9.17, 15) is 13.6 Å². The molecule has 0 bridgehead atoms. The van der Waals surface area contributed by atoms with Crippen molar-refractivity contribution in [2.75, 3.05) is 18.5 Å². The predicted molar refractivity (Wildman–Crippen MR) is 71.7 cm³/mol. The molecule has 6 heteroatoms. The van der Waals surface area contributed by atoms with Crippen LogP contribution in [0.2, 0.25) is 0 Å². The maximum absolute atomic E-state index is 13.1. The van der Waals surface area contributed by atoms with Gasteiger partial charge in [0.1, 0.15) is 13.2 Å². The lowest BCUT2D eigenvalue weighted by Gasteiger charge is -2.20. The van der Waals surface area contributed by atoms with Gasteiger partial charge >= 0.3 is 0 Å². The van der Waals surface area contributed by atoms with Crippen LogP contribution >= 0.6 is 0 Å². The van der Waals surface area contributed by atoms with Gasteiger partial charge in [-0.2, -0.15) is 0 Å². The highest BCUT2D eigenvalue weighted by Gasteiger charge is 2.20. The molecule has 3 rings (SSSR count). The maximum atomic E-state index is 13.1. The highest BCUT2D eigenvalue weighted by Crippen LogP contribution is 2.34. The van der Waals surface area contributed by atoms with Crippen molar-refractivity contribution >= 4 is 11.6 Å². The summed E-state index contributed by atoms with van der Waals surface area (Å²) < 4.78 is 36.8. The first kappa shape index (κ1) is 13.4. The second kappa shape index (κ2) is 5.40. The van der Waals surface area contributed by atoms with Gasteiger partial charge in [-0.25, -0.2) is 8.78 Å². The van der Waals surface area contributed by atoms with Crippen molar-refractivity contribution in [3.05, 3.63) is 53.6 Å². The number of nitrogens with one attached hydrogen (secondary N) is 1. The molecule has 0 atom stereocenters. The van der Waals surface area contributed by atoms with Crippen LogP contribution in [0.1, 0.15) is 10.4 Å². The van der Waals surface area contributed by atoms with Gasteiger partial charge in [0.15, 0.2) is 23.1 Å². The van der Waals surface area contributed by atoms with Crippen LogP contribution in [-0.4, -0.2) is 19.1 Å². The van der Waals surface area contributed by atoms with Crippen LogP contribution in [0.4, 0.5) is 14.5 Å². The van der Waals surface area contributed by atoms with Crippen LogP contribution in [0, 0.1) is 11.6 Å². The van der Waals surface area contributed by atoms with E-state index in [0.29, 0.717) is 24.7 Å². The van der Waals surface area contributed by atoms with E-state index in [1.165, 1.54) is 6.07 Å². The van der Waals surface area contributed by atoms with Gasteiger partial charge in [-0.15, -0.1) is 0 Å². The zero-order valence-corrected chi connectivity index (χ0v) is 10.9. The summed E-state index contributed by atoms with van der Waals surface area (Å²) in [5.41, 5.74) is 0.435. The standard InChI is InChI=1S/C15H11F2NO3/c16-11-5-4-9(8-12(11)17)18-15(19)10-2-1-3-13-14(10)21-7-6-20-13/h1-5,8H,6-7H2,(H,18,19). The molecule has 0 fully saturated rings. The van der Waals surface area contributed by atoms with Crippen LogP contribution in [0.3, 0.4) is 0 Å². The summed E-state index contributed by atoms with van der Waals surface area (Å²) >= 11 is 0. The lowest BCUT2D eigenvalue weighted by molar-refractivity contribution is 0.101. The van der Waals surface area contributed by atoms with E-state index in [2.05, 4.69) is 5.32 Å². The minimum Gasteiger partial charge on any atom is -0.486 e. The Kier molecular flexibility index (Phi) is 3.43. The SMILES string of the molecule is O=C(Nc1ccc(F)c(F)c1)c1cccc2c1OCCO2. The van der Waals surface area contributed by atoms with E-state index in [1.54, 1.807) is 18.2 Å². The molecular weight excluding hydrogens is 280 g/mol. The van der Waals surface area contributed by atoms with Crippen LogP contribution in [-0.2, 0) is 0 Å². The molecule has 0 saturated heterocycles. The van der Waals surface area contributed by atoms with Crippen molar-refractivity contribution in [1.29, 1.82) is 0 Å². The highest BCUT2D eigenvalue weighted by molar-refractivity contribution is 6.06. The summed E-state index contributed by atoms with van der Waals surface area (Å²) in [4.78, 5) is 12.2. The van der Waals surface area contributed by atoms with Crippen molar-refractivity contribution in [1.82, 2.24) is 0 Å². The Morgan fingerprint density at radius 3 is 2.67 bits per heavy atom. The Morgan fingerprint density at radius 1 is 1.05 bits per heavy atom. The summed E-state index contributed by atoms with van der Waals surface area (Å²) in [5.74, 6) is -1.64. The van der Waals surface area contributed by atoms with E-state index in [-0.39, 0.29) is 11.3 Å². The third-order valence-corrected chi connectivity index (χ3v) is 2.99. The predicted octanol–water partition coefficient (Wildman–Crippen LogP) is 2.99. The number of amides is 1. The minimum atomic E-state index is -1.03. The molecule has 1 amide bonds. The molecule has 1 aliphatic rings. The van der Waals surface area contributed by atoms with Gasteiger partial charge in [0, 0.05) is 11.8 Å². The Hall–Kier alpha value is -2.63. The first-order valence-electron chi connectivity index (χ1n) is 6.30. The Morgan fingerprint density at radius 2 is 1.86 bits per heavy atom. The van der Waals surface area contributed by atoms with Crippen molar-refractivity contribution in [2.45, 2.75) is 0 Å². The maximum Gasteiger partial charge on any atom is 0.259 e.